The first-order chi connectivity index (χ1) is 8.25. The summed E-state index contributed by atoms with van der Waals surface area (Å²) in [6.07, 6.45) is 1.36. The monoisotopic (exact) mass is 288 g/mol. The minimum absolute atomic E-state index is 0.196. The number of rotatable bonds is 4. The summed E-state index contributed by atoms with van der Waals surface area (Å²) in [5.74, 6) is 0.196. The van der Waals surface area contributed by atoms with Crippen LogP contribution in [-0.2, 0) is 6.42 Å². The van der Waals surface area contributed by atoms with Crippen LogP contribution in [0.5, 0.6) is 0 Å². The summed E-state index contributed by atoms with van der Waals surface area (Å²) in [5.41, 5.74) is 1.99. The fourth-order valence-corrected chi connectivity index (χ4v) is 1.95. The van der Waals surface area contributed by atoms with Gasteiger partial charge in [-0.3, -0.25) is 4.79 Å². The van der Waals surface area contributed by atoms with Crippen LogP contribution in [0.4, 0.5) is 0 Å². The maximum atomic E-state index is 11.9. The largest absolute Gasteiger partial charge is 0.294 e. The summed E-state index contributed by atoms with van der Waals surface area (Å²) >= 11 is 3.36. The van der Waals surface area contributed by atoms with Crippen LogP contribution in [0, 0.1) is 0 Å². The van der Waals surface area contributed by atoms with Crippen molar-refractivity contribution in [2.45, 2.75) is 12.8 Å². The number of ketones is 1. The quantitative estimate of drug-likeness (QED) is 0.768. The van der Waals surface area contributed by atoms with Gasteiger partial charge in [0.15, 0.2) is 5.78 Å². The molecule has 0 spiro atoms. The minimum atomic E-state index is 0.196. The smallest absolute Gasteiger partial charge is 0.163 e. The van der Waals surface area contributed by atoms with Gasteiger partial charge >= 0.3 is 0 Å². The summed E-state index contributed by atoms with van der Waals surface area (Å²) in [5, 5.41) is 0. The summed E-state index contributed by atoms with van der Waals surface area (Å²) in [6, 6.07) is 17.6. The van der Waals surface area contributed by atoms with Crippen LogP contribution in [0.3, 0.4) is 0 Å². The van der Waals surface area contributed by atoms with Crippen LogP contribution < -0.4 is 0 Å². The predicted molar refractivity (Wildman–Crippen MR) is 73.2 cm³/mol. The lowest BCUT2D eigenvalue weighted by Crippen LogP contribution is -2.00. The third kappa shape index (κ3) is 3.53. The highest BCUT2D eigenvalue weighted by atomic mass is 79.9. The van der Waals surface area contributed by atoms with E-state index in [1.54, 1.807) is 0 Å². The summed E-state index contributed by atoms with van der Waals surface area (Å²) in [6.45, 7) is 0. The molecule has 0 heterocycles. The van der Waals surface area contributed by atoms with E-state index in [1.165, 1.54) is 5.56 Å². The van der Waals surface area contributed by atoms with Crippen LogP contribution in [0.25, 0.3) is 0 Å². The van der Waals surface area contributed by atoms with Gasteiger partial charge in [0.2, 0.25) is 0 Å². The highest BCUT2D eigenvalue weighted by Crippen LogP contribution is 2.13. The molecular formula is C15H13BrO. The van der Waals surface area contributed by atoms with Gasteiger partial charge in [-0.2, -0.15) is 0 Å². The van der Waals surface area contributed by atoms with Crippen molar-refractivity contribution in [1.82, 2.24) is 0 Å². The second-order valence-electron chi connectivity index (χ2n) is 3.92. The molecule has 1 nitrogen and oxygen atoms in total. The SMILES string of the molecule is O=C(CCc1ccccc1)c1ccc(Br)cc1. The molecule has 86 valence electrons. The lowest BCUT2D eigenvalue weighted by atomic mass is 10.0. The van der Waals surface area contributed by atoms with Gasteiger partial charge in [-0.25, -0.2) is 0 Å². The standard InChI is InChI=1S/C15H13BrO/c16-14-9-7-13(8-10-14)15(17)11-6-12-4-2-1-3-5-12/h1-5,7-10H,6,11H2. The maximum absolute atomic E-state index is 11.9. The Morgan fingerprint density at radius 3 is 2.24 bits per heavy atom. The predicted octanol–water partition coefficient (Wildman–Crippen LogP) is 4.26. The van der Waals surface area contributed by atoms with Crippen molar-refractivity contribution in [3.05, 3.63) is 70.2 Å². The molecule has 2 aromatic rings. The van der Waals surface area contributed by atoms with Gasteiger partial charge in [0.05, 0.1) is 0 Å². The lowest BCUT2D eigenvalue weighted by Gasteiger charge is -2.02. The molecule has 0 radical (unpaired) electrons. The molecule has 0 fully saturated rings. The van der Waals surface area contributed by atoms with Crippen LogP contribution in [0.15, 0.2) is 59.1 Å². The fourth-order valence-electron chi connectivity index (χ4n) is 1.68. The molecule has 0 aliphatic rings. The number of aryl methyl sites for hydroxylation is 1. The molecule has 2 heteroatoms. The molecule has 0 unspecified atom stereocenters. The molecular weight excluding hydrogens is 276 g/mol. The Labute approximate surface area is 110 Å². The molecule has 0 atom stereocenters. The van der Waals surface area contributed by atoms with E-state index < -0.39 is 0 Å². The highest BCUT2D eigenvalue weighted by molar-refractivity contribution is 9.10. The van der Waals surface area contributed by atoms with Crippen molar-refractivity contribution in [2.75, 3.05) is 0 Å². The molecule has 2 rings (SSSR count). The normalized spacial score (nSPS) is 10.2. The molecule has 0 aliphatic carbocycles. The summed E-state index contributed by atoms with van der Waals surface area (Å²) in [4.78, 5) is 11.9. The molecule has 0 amide bonds. The second-order valence-corrected chi connectivity index (χ2v) is 4.83. The number of hydrogen-bond acceptors (Lipinski definition) is 1. The van der Waals surface area contributed by atoms with Crippen LogP contribution in [0.2, 0.25) is 0 Å². The third-order valence-electron chi connectivity index (χ3n) is 2.65. The van der Waals surface area contributed by atoms with E-state index in [9.17, 15) is 4.79 Å². The molecule has 0 N–H and O–H groups in total. The van der Waals surface area contributed by atoms with Crippen molar-refractivity contribution in [3.8, 4) is 0 Å². The Kier molecular flexibility index (Phi) is 4.10. The van der Waals surface area contributed by atoms with E-state index in [4.69, 9.17) is 0 Å². The average molecular weight is 289 g/mol. The minimum Gasteiger partial charge on any atom is -0.294 e. The van der Waals surface area contributed by atoms with E-state index in [0.717, 1.165) is 16.5 Å². The fraction of sp³-hybridized carbons (Fsp3) is 0.133. The van der Waals surface area contributed by atoms with E-state index in [2.05, 4.69) is 28.1 Å². The Morgan fingerprint density at radius 2 is 1.59 bits per heavy atom. The highest BCUT2D eigenvalue weighted by Gasteiger charge is 2.05. The van der Waals surface area contributed by atoms with Crippen LogP contribution >= 0.6 is 15.9 Å². The van der Waals surface area contributed by atoms with Crippen LogP contribution in [0.1, 0.15) is 22.3 Å². The van der Waals surface area contributed by atoms with Gasteiger partial charge in [0.1, 0.15) is 0 Å². The first-order valence-corrected chi connectivity index (χ1v) is 6.38. The molecule has 0 saturated heterocycles. The van der Waals surface area contributed by atoms with E-state index >= 15 is 0 Å². The maximum Gasteiger partial charge on any atom is 0.163 e. The number of hydrogen-bond donors (Lipinski definition) is 0. The van der Waals surface area contributed by atoms with E-state index in [0.29, 0.717) is 6.42 Å². The van der Waals surface area contributed by atoms with E-state index in [-0.39, 0.29) is 5.78 Å². The van der Waals surface area contributed by atoms with Gasteiger partial charge in [-0.1, -0.05) is 58.4 Å². The first-order valence-electron chi connectivity index (χ1n) is 5.58. The molecule has 2 aromatic carbocycles. The van der Waals surface area contributed by atoms with Gasteiger partial charge in [-0.05, 0) is 24.1 Å². The van der Waals surface area contributed by atoms with Crippen molar-refractivity contribution < 1.29 is 4.79 Å². The molecule has 17 heavy (non-hydrogen) atoms. The topological polar surface area (TPSA) is 17.1 Å². The summed E-state index contributed by atoms with van der Waals surface area (Å²) in [7, 11) is 0. The third-order valence-corrected chi connectivity index (χ3v) is 3.18. The Balaban J connectivity index is 1.96. The zero-order chi connectivity index (χ0) is 12.1. The lowest BCUT2D eigenvalue weighted by molar-refractivity contribution is 0.0983. The van der Waals surface area contributed by atoms with E-state index in [1.807, 2.05) is 42.5 Å². The Morgan fingerprint density at radius 1 is 0.941 bits per heavy atom. The van der Waals surface area contributed by atoms with Crippen molar-refractivity contribution in [3.63, 3.8) is 0 Å². The Hall–Kier alpha value is -1.41. The first kappa shape index (κ1) is 12.1. The number of halogens is 1. The zero-order valence-corrected chi connectivity index (χ0v) is 11.0. The second kappa shape index (κ2) is 5.78. The Bertz CT molecular complexity index is 488. The van der Waals surface area contributed by atoms with Gasteiger partial charge in [0, 0.05) is 16.5 Å². The number of carbonyl (C=O) groups is 1. The number of benzene rings is 2. The number of Topliss-reactive ketones (excluding diaryl/α,β-unsaturated/α-hetero) is 1. The summed E-state index contributed by atoms with van der Waals surface area (Å²) < 4.78 is 0.997. The van der Waals surface area contributed by atoms with Crippen molar-refractivity contribution >= 4 is 21.7 Å². The molecule has 0 aliphatic heterocycles. The molecule has 0 aromatic heterocycles. The zero-order valence-electron chi connectivity index (χ0n) is 9.40. The molecule has 0 saturated carbocycles. The van der Waals surface area contributed by atoms with Gasteiger partial charge in [0.25, 0.3) is 0 Å². The van der Waals surface area contributed by atoms with Gasteiger partial charge < -0.3 is 0 Å². The van der Waals surface area contributed by atoms with Crippen LogP contribution in [-0.4, -0.2) is 5.78 Å². The van der Waals surface area contributed by atoms with Gasteiger partial charge in [-0.15, -0.1) is 0 Å². The number of carbonyl (C=O) groups excluding carboxylic acids is 1. The molecule has 0 bridgehead atoms. The van der Waals surface area contributed by atoms with Crippen molar-refractivity contribution in [2.24, 2.45) is 0 Å². The average Bonchev–Trinajstić information content (AvgIpc) is 2.38. The van der Waals surface area contributed by atoms with Crippen molar-refractivity contribution in [1.29, 1.82) is 0 Å².